The van der Waals surface area contributed by atoms with Gasteiger partial charge in [0.05, 0.1) is 4.90 Å². The molecule has 0 aliphatic carbocycles. The van der Waals surface area contributed by atoms with E-state index < -0.39 is 10.0 Å². The quantitative estimate of drug-likeness (QED) is 0.654. The molecule has 0 atom stereocenters. The maximum Gasteiger partial charge on any atom is 0.263 e. The first kappa shape index (κ1) is 17.7. The van der Waals surface area contributed by atoms with E-state index in [-0.39, 0.29) is 10.7 Å². The predicted octanol–water partition coefficient (Wildman–Crippen LogP) is 4.34. The van der Waals surface area contributed by atoms with Crippen molar-refractivity contribution >= 4 is 39.0 Å². The van der Waals surface area contributed by atoms with Crippen molar-refractivity contribution in [3.8, 4) is 11.3 Å². The third kappa shape index (κ3) is 4.10. The number of nitrogens with one attached hydrogen (secondary N) is 1. The standard InChI is InChI=1S/C17H13Cl2N3O2S/c18-11-12-4-6-13(7-5-12)16-17(21-9-8-20-16)22-25(23,24)15-3-1-2-14(19)10-15/h1-10H,11H2,(H,21,22). The van der Waals surface area contributed by atoms with Crippen molar-refractivity contribution in [2.45, 2.75) is 10.8 Å². The molecule has 128 valence electrons. The summed E-state index contributed by atoms with van der Waals surface area (Å²) in [4.78, 5) is 8.42. The molecule has 0 amide bonds. The second-order valence-corrected chi connectivity index (χ2v) is 7.53. The molecular weight excluding hydrogens is 381 g/mol. The zero-order valence-electron chi connectivity index (χ0n) is 12.9. The lowest BCUT2D eigenvalue weighted by molar-refractivity contribution is 0.601. The van der Waals surface area contributed by atoms with Crippen LogP contribution in [0.5, 0.6) is 0 Å². The Kier molecular flexibility index (Phi) is 5.22. The number of hydrogen-bond acceptors (Lipinski definition) is 4. The average molecular weight is 394 g/mol. The van der Waals surface area contributed by atoms with Gasteiger partial charge >= 0.3 is 0 Å². The van der Waals surface area contributed by atoms with E-state index in [2.05, 4.69) is 14.7 Å². The minimum atomic E-state index is -3.84. The van der Waals surface area contributed by atoms with Gasteiger partial charge in [-0.2, -0.15) is 0 Å². The van der Waals surface area contributed by atoms with Gasteiger partial charge in [0.15, 0.2) is 5.82 Å². The summed E-state index contributed by atoms with van der Waals surface area (Å²) in [6, 6.07) is 13.3. The Balaban J connectivity index is 1.98. The lowest BCUT2D eigenvalue weighted by Crippen LogP contribution is -2.15. The van der Waals surface area contributed by atoms with Crippen LogP contribution in [0.2, 0.25) is 5.02 Å². The van der Waals surface area contributed by atoms with Crippen LogP contribution in [0.3, 0.4) is 0 Å². The Morgan fingerprint density at radius 1 is 1.00 bits per heavy atom. The van der Waals surface area contributed by atoms with Gasteiger partial charge in [-0.15, -0.1) is 11.6 Å². The Labute approximate surface area is 155 Å². The van der Waals surface area contributed by atoms with E-state index in [0.29, 0.717) is 16.6 Å². The summed E-state index contributed by atoms with van der Waals surface area (Å²) in [5.41, 5.74) is 2.11. The fourth-order valence-electron chi connectivity index (χ4n) is 2.20. The Bertz CT molecular complexity index is 993. The monoisotopic (exact) mass is 393 g/mol. The average Bonchev–Trinajstić information content (AvgIpc) is 2.62. The Hall–Kier alpha value is -2.15. The molecule has 1 heterocycles. The van der Waals surface area contributed by atoms with E-state index in [9.17, 15) is 8.42 Å². The van der Waals surface area contributed by atoms with Gasteiger partial charge in [0.1, 0.15) is 5.69 Å². The van der Waals surface area contributed by atoms with Crippen molar-refractivity contribution in [1.29, 1.82) is 0 Å². The van der Waals surface area contributed by atoms with Gasteiger partial charge in [0, 0.05) is 28.9 Å². The van der Waals surface area contributed by atoms with Crippen molar-refractivity contribution in [1.82, 2.24) is 9.97 Å². The van der Waals surface area contributed by atoms with E-state index in [1.807, 2.05) is 24.3 Å². The fourth-order valence-corrected chi connectivity index (χ4v) is 3.69. The summed E-state index contributed by atoms with van der Waals surface area (Å²) in [6.07, 6.45) is 2.93. The van der Waals surface area contributed by atoms with Gasteiger partial charge in [-0.3, -0.25) is 9.71 Å². The van der Waals surface area contributed by atoms with E-state index in [0.717, 1.165) is 11.1 Å². The second-order valence-electron chi connectivity index (χ2n) is 5.15. The first-order chi connectivity index (χ1) is 12.0. The van der Waals surface area contributed by atoms with Gasteiger partial charge in [0.25, 0.3) is 10.0 Å². The largest absolute Gasteiger partial charge is 0.263 e. The Morgan fingerprint density at radius 2 is 1.72 bits per heavy atom. The highest BCUT2D eigenvalue weighted by atomic mass is 35.5. The van der Waals surface area contributed by atoms with E-state index >= 15 is 0 Å². The highest BCUT2D eigenvalue weighted by molar-refractivity contribution is 7.92. The molecule has 8 heteroatoms. The van der Waals surface area contributed by atoms with Crippen LogP contribution in [-0.2, 0) is 15.9 Å². The highest BCUT2D eigenvalue weighted by Gasteiger charge is 2.18. The third-order valence-corrected chi connectivity index (χ3v) is 5.30. The number of halogens is 2. The van der Waals surface area contributed by atoms with Gasteiger partial charge in [0.2, 0.25) is 0 Å². The van der Waals surface area contributed by atoms with Crippen LogP contribution in [0.25, 0.3) is 11.3 Å². The van der Waals surface area contributed by atoms with Gasteiger partial charge in [-0.25, -0.2) is 13.4 Å². The molecule has 0 bridgehead atoms. The van der Waals surface area contributed by atoms with E-state index in [1.165, 1.54) is 24.5 Å². The molecule has 2 aromatic carbocycles. The third-order valence-electron chi connectivity index (χ3n) is 3.42. The number of rotatable bonds is 5. The van der Waals surface area contributed by atoms with Crippen molar-refractivity contribution in [2.24, 2.45) is 0 Å². The number of benzene rings is 2. The summed E-state index contributed by atoms with van der Waals surface area (Å²) >= 11 is 11.7. The molecule has 1 aromatic heterocycles. The SMILES string of the molecule is O=S(=O)(Nc1nccnc1-c1ccc(CCl)cc1)c1cccc(Cl)c1. The molecule has 0 radical (unpaired) electrons. The molecule has 0 aliphatic heterocycles. The number of sulfonamides is 1. The topological polar surface area (TPSA) is 72.0 Å². The smallest absolute Gasteiger partial charge is 0.262 e. The van der Waals surface area contributed by atoms with E-state index in [1.54, 1.807) is 12.1 Å². The molecular formula is C17H13Cl2N3O2S. The first-order valence-corrected chi connectivity index (χ1v) is 9.64. The van der Waals surface area contributed by atoms with Crippen molar-refractivity contribution in [3.63, 3.8) is 0 Å². The van der Waals surface area contributed by atoms with Crippen LogP contribution in [0.1, 0.15) is 5.56 Å². The fraction of sp³-hybridized carbons (Fsp3) is 0.0588. The summed E-state index contributed by atoms with van der Waals surface area (Å²) in [6.45, 7) is 0. The number of aromatic nitrogens is 2. The van der Waals surface area contributed by atoms with E-state index in [4.69, 9.17) is 23.2 Å². The molecule has 3 aromatic rings. The molecule has 1 N–H and O–H groups in total. The summed E-state index contributed by atoms with van der Waals surface area (Å²) in [5.74, 6) is 0.538. The lowest BCUT2D eigenvalue weighted by Gasteiger charge is -2.11. The lowest BCUT2D eigenvalue weighted by atomic mass is 10.1. The van der Waals surface area contributed by atoms with Crippen molar-refractivity contribution in [3.05, 3.63) is 71.5 Å². The maximum absolute atomic E-state index is 12.6. The number of alkyl halides is 1. The zero-order valence-corrected chi connectivity index (χ0v) is 15.2. The normalized spacial score (nSPS) is 11.3. The first-order valence-electron chi connectivity index (χ1n) is 7.24. The second kappa shape index (κ2) is 7.39. The predicted molar refractivity (Wildman–Crippen MR) is 99.3 cm³/mol. The number of anilines is 1. The van der Waals surface area contributed by atoms with Crippen LogP contribution >= 0.6 is 23.2 Å². The summed E-state index contributed by atoms with van der Waals surface area (Å²) in [7, 11) is -3.84. The molecule has 25 heavy (non-hydrogen) atoms. The highest BCUT2D eigenvalue weighted by Crippen LogP contribution is 2.26. The number of nitrogens with zero attached hydrogens (tertiary/aromatic N) is 2. The molecule has 0 saturated carbocycles. The van der Waals surface area contributed by atoms with Crippen LogP contribution < -0.4 is 4.72 Å². The van der Waals surface area contributed by atoms with Crippen molar-refractivity contribution < 1.29 is 8.42 Å². The minimum absolute atomic E-state index is 0.0501. The van der Waals surface area contributed by atoms with Crippen molar-refractivity contribution in [2.75, 3.05) is 4.72 Å². The molecule has 0 fully saturated rings. The zero-order chi connectivity index (χ0) is 17.9. The molecule has 3 rings (SSSR count). The molecule has 0 spiro atoms. The molecule has 0 saturated heterocycles. The van der Waals surface area contributed by atoms with Gasteiger partial charge < -0.3 is 0 Å². The minimum Gasteiger partial charge on any atom is -0.262 e. The van der Waals surface area contributed by atoms with Crippen LogP contribution in [0.15, 0.2) is 65.8 Å². The van der Waals surface area contributed by atoms with Crippen LogP contribution in [0, 0.1) is 0 Å². The maximum atomic E-state index is 12.6. The molecule has 5 nitrogen and oxygen atoms in total. The summed E-state index contributed by atoms with van der Waals surface area (Å²) in [5, 5.41) is 0.332. The number of hydrogen-bond donors (Lipinski definition) is 1. The van der Waals surface area contributed by atoms with Gasteiger partial charge in [-0.1, -0.05) is 41.9 Å². The van der Waals surface area contributed by atoms with Gasteiger partial charge in [-0.05, 0) is 23.8 Å². The Morgan fingerprint density at radius 3 is 2.40 bits per heavy atom. The van der Waals surface area contributed by atoms with Crippen LogP contribution in [0.4, 0.5) is 5.82 Å². The molecule has 0 aliphatic rings. The summed E-state index contributed by atoms with van der Waals surface area (Å²) < 4.78 is 27.6. The molecule has 0 unspecified atom stereocenters. The van der Waals surface area contributed by atoms with Crippen LogP contribution in [-0.4, -0.2) is 18.4 Å².